The number of hydrogen-bond donors (Lipinski definition) is 0. The standard InChI is InChI=1S/C23H32N4O2/c1-2-21-22(25-17-29-21)23(28)27(16-19-6-5-11-24-14-19)15-18-9-12-26(13-10-18)20-7-3-4-8-20/h5-6,11,14,17-18,20H,2-4,7-10,12-13,15-16H2,1H3. The molecule has 0 bridgehead atoms. The molecular formula is C23H32N4O2. The second kappa shape index (κ2) is 9.53. The fourth-order valence-corrected chi connectivity index (χ4v) is 4.86. The van der Waals surface area contributed by atoms with Gasteiger partial charge in [0.25, 0.3) is 5.91 Å². The number of amides is 1. The average Bonchev–Trinajstić information content (AvgIpc) is 3.46. The largest absolute Gasteiger partial charge is 0.448 e. The molecule has 1 aliphatic heterocycles. The predicted octanol–water partition coefficient (Wildman–Crippen LogP) is 3.93. The minimum absolute atomic E-state index is 0.0299. The van der Waals surface area contributed by atoms with Crippen LogP contribution in [-0.2, 0) is 13.0 Å². The van der Waals surface area contributed by atoms with Crippen molar-refractivity contribution < 1.29 is 9.21 Å². The van der Waals surface area contributed by atoms with E-state index < -0.39 is 0 Å². The van der Waals surface area contributed by atoms with Crippen LogP contribution < -0.4 is 0 Å². The summed E-state index contributed by atoms with van der Waals surface area (Å²) in [7, 11) is 0. The molecule has 0 radical (unpaired) electrons. The van der Waals surface area contributed by atoms with E-state index in [-0.39, 0.29) is 5.91 Å². The topological polar surface area (TPSA) is 62.5 Å². The van der Waals surface area contributed by atoms with Crippen molar-refractivity contribution in [2.24, 2.45) is 5.92 Å². The Bertz CT molecular complexity index is 777. The Morgan fingerprint density at radius 3 is 2.72 bits per heavy atom. The lowest BCUT2D eigenvalue weighted by atomic mass is 9.94. The highest BCUT2D eigenvalue weighted by Crippen LogP contribution is 2.28. The van der Waals surface area contributed by atoms with Crippen LogP contribution in [0.5, 0.6) is 0 Å². The maximum Gasteiger partial charge on any atom is 0.276 e. The molecule has 1 aliphatic carbocycles. The van der Waals surface area contributed by atoms with E-state index in [1.807, 2.05) is 30.2 Å². The highest BCUT2D eigenvalue weighted by atomic mass is 16.3. The van der Waals surface area contributed by atoms with Crippen LogP contribution in [0.4, 0.5) is 0 Å². The summed E-state index contributed by atoms with van der Waals surface area (Å²) in [5.74, 6) is 1.17. The minimum Gasteiger partial charge on any atom is -0.448 e. The Labute approximate surface area is 173 Å². The fraction of sp³-hybridized carbons (Fsp3) is 0.609. The van der Waals surface area contributed by atoms with E-state index in [1.165, 1.54) is 32.1 Å². The van der Waals surface area contributed by atoms with Crippen LogP contribution in [0.2, 0.25) is 0 Å². The first-order valence-electron chi connectivity index (χ1n) is 11.1. The number of nitrogens with zero attached hydrogens (tertiary/aromatic N) is 4. The first-order valence-corrected chi connectivity index (χ1v) is 11.1. The number of likely N-dealkylation sites (tertiary alicyclic amines) is 1. The second-order valence-corrected chi connectivity index (χ2v) is 8.44. The van der Waals surface area contributed by atoms with E-state index in [9.17, 15) is 4.79 Å². The molecule has 1 saturated carbocycles. The van der Waals surface area contributed by atoms with Gasteiger partial charge in [-0.3, -0.25) is 9.78 Å². The molecule has 4 rings (SSSR count). The molecule has 2 aromatic heterocycles. The van der Waals surface area contributed by atoms with Crippen LogP contribution in [-0.4, -0.2) is 51.4 Å². The van der Waals surface area contributed by atoms with Gasteiger partial charge in [-0.15, -0.1) is 0 Å². The summed E-state index contributed by atoms with van der Waals surface area (Å²) in [6.07, 6.45) is 13.5. The Hall–Kier alpha value is -2.21. The van der Waals surface area contributed by atoms with Crippen molar-refractivity contribution >= 4 is 5.91 Å². The quantitative estimate of drug-likeness (QED) is 0.710. The molecule has 6 nitrogen and oxygen atoms in total. The van der Waals surface area contributed by atoms with Gasteiger partial charge in [0, 0.05) is 37.9 Å². The number of carbonyl (C=O) groups is 1. The summed E-state index contributed by atoms with van der Waals surface area (Å²) in [6, 6.07) is 4.75. The van der Waals surface area contributed by atoms with Crippen LogP contribution in [0.3, 0.4) is 0 Å². The van der Waals surface area contributed by atoms with Gasteiger partial charge in [0.1, 0.15) is 5.76 Å². The Morgan fingerprint density at radius 1 is 1.24 bits per heavy atom. The molecule has 0 spiro atoms. The van der Waals surface area contributed by atoms with Crippen LogP contribution in [0.25, 0.3) is 0 Å². The molecule has 0 unspecified atom stereocenters. The molecule has 1 saturated heterocycles. The van der Waals surface area contributed by atoms with Crippen LogP contribution in [0, 0.1) is 5.92 Å². The summed E-state index contributed by atoms with van der Waals surface area (Å²) in [4.78, 5) is 26.4. The summed E-state index contributed by atoms with van der Waals surface area (Å²) < 4.78 is 5.42. The molecule has 29 heavy (non-hydrogen) atoms. The van der Waals surface area contributed by atoms with Gasteiger partial charge in [0.2, 0.25) is 0 Å². The normalized spacial score (nSPS) is 18.9. The molecular weight excluding hydrogens is 364 g/mol. The third kappa shape index (κ3) is 4.86. The van der Waals surface area contributed by atoms with E-state index in [1.54, 1.807) is 6.20 Å². The number of rotatable bonds is 7. The van der Waals surface area contributed by atoms with Gasteiger partial charge >= 0.3 is 0 Å². The number of aromatic nitrogens is 2. The van der Waals surface area contributed by atoms with Crippen molar-refractivity contribution in [1.82, 2.24) is 19.8 Å². The highest BCUT2D eigenvalue weighted by molar-refractivity contribution is 5.93. The first-order chi connectivity index (χ1) is 14.2. The predicted molar refractivity (Wildman–Crippen MR) is 111 cm³/mol. The van der Waals surface area contributed by atoms with Crippen LogP contribution in [0.15, 0.2) is 35.3 Å². The van der Waals surface area contributed by atoms with Crippen molar-refractivity contribution in [3.05, 3.63) is 47.9 Å². The van der Waals surface area contributed by atoms with Crippen molar-refractivity contribution in [2.45, 2.75) is 64.5 Å². The zero-order valence-electron chi connectivity index (χ0n) is 17.4. The Kier molecular flexibility index (Phi) is 6.60. The first kappa shape index (κ1) is 20.1. The van der Waals surface area contributed by atoms with Crippen molar-refractivity contribution in [2.75, 3.05) is 19.6 Å². The lowest BCUT2D eigenvalue weighted by Gasteiger charge is -2.37. The van der Waals surface area contributed by atoms with Gasteiger partial charge in [-0.1, -0.05) is 25.8 Å². The van der Waals surface area contributed by atoms with Gasteiger partial charge in [-0.05, 0) is 56.3 Å². The number of piperidine rings is 1. The molecule has 0 aromatic carbocycles. The third-order valence-electron chi connectivity index (χ3n) is 6.52. The van der Waals surface area contributed by atoms with E-state index in [2.05, 4.69) is 14.9 Å². The second-order valence-electron chi connectivity index (χ2n) is 8.44. The van der Waals surface area contributed by atoms with E-state index >= 15 is 0 Å². The maximum atomic E-state index is 13.3. The summed E-state index contributed by atoms with van der Waals surface area (Å²) in [5.41, 5.74) is 1.51. The lowest BCUT2D eigenvalue weighted by Crippen LogP contribution is -2.43. The van der Waals surface area contributed by atoms with E-state index in [0.717, 1.165) is 44.1 Å². The maximum absolute atomic E-state index is 13.3. The molecule has 156 valence electrons. The monoisotopic (exact) mass is 396 g/mol. The van der Waals surface area contributed by atoms with Crippen molar-refractivity contribution in [3.63, 3.8) is 0 Å². The Morgan fingerprint density at radius 2 is 2.03 bits per heavy atom. The van der Waals surface area contributed by atoms with Gasteiger partial charge < -0.3 is 14.2 Å². The van der Waals surface area contributed by atoms with Gasteiger partial charge in [0.15, 0.2) is 12.1 Å². The molecule has 0 atom stereocenters. The van der Waals surface area contributed by atoms with Gasteiger partial charge in [-0.25, -0.2) is 4.98 Å². The SMILES string of the molecule is CCc1ocnc1C(=O)N(Cc1cccnc1)CC1CCN(C2CCCC2)CC1. The number of aryl methyl sites for hydroxylation is 1. The van der Waals surface area contributed by atoms with Gasteiger partial charge in [0.05, 0.1) is 0 Å². The van der Waals surface area contributed by atoms with Crippen molar-refractivity contribution in [1.29, 1.82) is 0 Å². The number of pyridine rings is 1. The molecule has 2 fully saturated rings. The molecule has 1 amide bonds. The fourth-order valence-electron chi connectivity index (χ4n) is 4.86. The minimum atomic E-state index is -0.0299. The number of oxazole rings is 1. The summed E-state index contributed by atoms with van der Waals surface area (Å²) >= 11 is 0. The molecule has 6 heteroatoms. The van der Waals surface area contributed by atoms with Gasteiger partial charge in [-0.2, -0.15) is 0 Å². The molecule has 2 aliphatic rings. The zero-order valence-corrected chi connectivity index (χ0v) is 17.4. The van der Waals surface area contributed by atoms with Crippen LogP contribution >= 0.6 is 0 Å². The lowest BCUT2D eigenvalue weighted by molar-refractivity contribution is 0.0643. The third-order valence-corrected chi connectivity index (χ3v) is 6.52. The molecule has 2 aromatic rings. The smallest absolute Gasteiger partial charge is 0.276 e. The summed E-state index contributed by atoms with van der Waals surface area (Å²) in [5, 5.41) is 0. The van der Waals surface area contributed by atoms with Crippen LogP contribution in [0.1, 0.15) is 67.3 Å². The molecule has 0 N–H and O–H groups in total. The summed E-state index contributed by atoms with van der Waals surface area (Å²) in [6.45, 7) is 5.64. The average molecular weight is 397 g/mol. The number of hydrogen-bond acceptors (Lipinski definition) is 5. The van der Waals surface area contributed by atoms with E-state index in [0.29, 0.717) is 30.3 Å². The number of carbonyl (C=O) groups excluding carboxylic acids is 1. The molecule has 3 heterocycles. The zero-order chi connectivity index (χ0) is 20.1. The van der Waals surface area contributed by atoms with E-state index in [4.69, 9.17) is 4.42 Å². The van der Waals surface area contributed by atoms with Crippen molar-refractivity contribution in [3.8, 4) is 0 Å². The Balaban J connectivity index is 1.43. The highest BCUT2D eigenvalue weighted by Gasteiger charge is 2.30.